The molecule has 0 aromatic heterocycles. The fourth-order valence-electron chi connectivity index (χ4n) is 2.34. The molecule has 0 amide bonds. The van der Waals surface area contributed by atoms with E-state index in [4.69, 9.17) is 4.74 Å². The van der Waals surface area contributed by atoms with Crippen LogP contribution in [0.4, 0.5) is 0 Å². The topological polar surface area (TPSA) is 9.23 Å². The number of hydrogen-bond acceptors (Lipinski definition) is 2. The third-order valence-electron chi connectivity index (χ3n) is 4.32. The van der Waals surface area contributed by atoms with Gasteiger partial charge < -0.3 is 4.74 Å². The Hall–Kier alpha value is -1.41. The third-order valence-corrected chi connectivity index (χ3v) is 4.55. The van der Waals surface area contributed by atoms with Crippen LogP contribution in [0.2, 0.25) is 0 Å². The Balaban J connectivity index is 1.98. The Kier molecular flexibility index (Phi) is 5.96. The highest BCUT2D eigenvalue weighted by Crippen LogP contribution is 2.27. The summed E-state index contributed by atoms with van der Waals surface area (Å²) >= 11 is 4.28. The summed E-state index contributed by atoms with van der Waals surface area (Å²) in [6.07, 6.45) is 2.11. The minimum absolute atomic E-state index is 0.237. The van der Waals surface area contributed by atoms with Gasteiger partial charge in [0.2, 0.25) is 0 Å². The quantitative estimate of drug-likeness (QED) is 0.671. The highest BCUT2D eigenvalue weighted by Gasteiger charge is 2.17. The van der Waals surface area contributed by atoms with Crippen LogP contribution in [0.25, 0.3) is 0 Å². The van der Waals surface area contributed by atoms with E-state index in [0.29, 0.717) is 6.61 Å². The van der Waals surface area contributed by atoms with Crippen molar-refractivity contribution >= 4 is 12.6 Å². The van der Waals surface area contributed by atoms with Gasteiger partial charge in [0.25, 0.3) is 0 Å². The molecule has 2 aromatic carbocycles. The molecular formula is C20H26OS. The highest BCUT2D eigenvalue weighted by molar-refractivity contribution is 7.80. The molecular weight excluding hydrogens is 288 g/mol. The van der Waals surface area contributed by atoms with Crippen LogP contribution in [-0.2, 0) is 18.4 Å². The van der Waals surface area contributed by atoms with Crippen molar-refractivity contribution in [2.75, 3.05) is 5.75 Å². The van der Waals surface area contributed by atoms with E-state index in [2.05, 4.69) is 69.8 Å². The van der Waals surface area contributed by atoms with E-state index in [9.17, 15) is 0 Å². The molecule has 0 aliphatic carbocycles. The van der Waals surface area contributed by atoms with Gasteiger partial charge in [-0.25, -0.2) is 0 Å². The second kappa shape index (κ2) is 7.73. The van der Waals surface area contributed by atoms with Gasteiger partial charge in [0.15, 0.2) is 0 Å². The predicted molar refractivity (Wildman–Crippen MR) is 98.1 cm³/mol. The van der Waals surface area contributed by atoms with Gasteiger partial charge >= 0.3 is 0 Å². The van der Waals surface area contributed by atoms with E-state index >= 15 is 0 Å². The van der Waals surface area contributed by atoms with Gasteiger partial charge in [0.05, 0.1) is 0 Å². The van der Waals surface area contributed by atoms with Gasteiger partial charge in [-0.1, -0.05) is 57.2 Å². The maximum atomic E-state index is 5.91. The van der Waals surface area contributed by atoms with Gasteiger partial charge in [-0.2, -0.15) is 12.6 Å². The summed E-state index contributed by atoms with van der Waals surface area (Å²) in [5, 5.41) is 0. The van der Waals surface area contributed by atoms with Crippen LogP contribution in [0.3, 0.4) is 0 Å². The average Bonchev–Trinajstić information content (AvgIpc) is 2.54. The van der Waals surface area contributed by atoms with Crippen LogP contribution in [0.15, 0.2) is 48.5 Å². The zero-order chi connectivity index (χ0) is 16.0. The zero-order valence-corrected chi connectivity index (χ0v) is 14.7. The molecule has 0 aliphatic rings. The molecule has 0 N–H and O–H groups in total. The first-order valence-electron chi connectivity index (χ1n) is 7.97. The van der Waals surface area contributed by atoms with Crippen LogP contribution >= 0.6 is 12.6 Å². The lowest BCUT2D eigenvalue weighted by molar-refractivity contribution is 0.306. The van der Waals surface area contributed by atoms with Crippen LogP contribution in [0.5, 0.6) is 5.75 Å². The molecule has 2 heteroatoms. The van der Waals surface area contributed by atoms with E-state index in [-0.39, 0.29) is 5.41 Å². The summed E-state index contributed by atoms with van der Waals surface area (Å²) < 4.78 is 5.91. The summed E-state index contributed by atoms with van der Waals surface area (Å²) in [6, 6.07) is 17.1. The van der Waals surface area contributed by atoms with Gasteiger partial charge in [-0.15, -0.1) is 0 Å². The molecule has 0 unspecified atom stereocenters. The Labute approximate surface area is 140 Å². The number of rotatable bonds is 7. The van der Waals surface area contributed by atoms with Crippen LogP contribution in [0.1, 0.15) is 43.9 Å². The summed E-state index contributed by atoms with van der Waals surface area (Å²) in [6.45, 7) is 7.41. The van der Waals surface area contributed by atoms with E-state index in [1.165, 1.54) is 16.7 Å². The van der Waals surface area contributed by atoms with E-state index in [1.54, 1.807) is 0 Å². The molecule has 2 aromatic rings. The maximum Gasteiger partial charge on any atom is 0.120 e. The van der Waals surface area contributed by atoms with Crippen molar-refractivity contribution in [3.63, 3.8) is 0 Å². The summed E-state index contributed by atoms with van der Waals surface area (Å²) in [5.74, 6) is 1.79. The minimum atomic E-state index is 0.237. The fraction of sp³-hybridized carbons (Fsp3) is 0.400. The number of thiol groups is 1. The van der Waals surface area contributed by atoms with Crippen molar-refractivity contribution in [1.82, 2.24) is 0 Å². The van der Waals surface area contributed by atoms with E-state index < -0.39 is 0 Å². The number of ether oxygens (including phenoxy) is 1. The third kappa shape index (κ3) is 4.54. The lowest BCUT2D eigenvalue weighted by atomic mass is 9.82. The Bertz CT molecular complexity index is 587. The van der Waals surface area contributed by atoms with Crippen molar-refractivity contribution in [1.29, 1.82) is 0 Å². The highest BCUT2D eigenvalue weighted by atomic mass is 32.1. The molecule has 0 atom stereocenters. The number of aryl methyl sites for hydroxylation is 1. The zero-order valence-electron chi connectivity index (χ0n) is 13.8. The van der Waals surface area contributed by atoms with Crippen molar-refractivity contribution in [2.24, 2.45) is 0 Å². The van der Waals surface area contributed by atoms with Crippen molar-refractivity contribution in [3.05, 3.63) is 65.2 Å². The lowest BCUT2D eigenvalue weighted by Crippen LogP contribution is -2.15. The molecule has 0 bridgehead atoms. The first-order chi connectivity index (χ1) is 10.5. The molecule has 0 radical (unpaired) electrons. The minimum Gasteiger partial charge on any atom is -0.489 e. The molecule has 0 saturated carbocycles. The predicted octanol–water partition coefficient (Wildman–Crippen LogP) is 5.43. The summed E-state index contributed by atoms with van der Waals surface area (Å²) in [4.78, 5) is 0. The molecule has 0 saturated heterocycles. The number of hydrogen-bond donors (Lipinski definition) is 1. The summed E-state index contributed by atoms with van der Waals surface area (Å²) in [5.41, 5.74) is 4.10. The lowest BCUT2D eigenvalue weighted by Gasteiger charge is -2.23. The van der Waals surface area contributed by atoms with Crippen LogP contribution in [0, 0.1) is 0 Å². The smallest absolute Gasteiger partial charge is 0.120 e. The second-order valence-electron chi connectivity index (χ2n) is 6.34. The first kappa shape index (κ1) is 17.0. The summed E-state index contributed by atoms with van der Waals surface area (Å²) in [7, 11) is 0. The average molecular weight is 314 g/mol. The normalized spacial score (nSPS) is 11.5. The largest absolute Gasteiger partial charge is 0.489 e. The van der Waals surface area contributed by atoms with Gasteiger partial charge in [-0.05, 0) is 52.8 Å². The second-order valence-corrected chi connectivity index (χ2v) is 6.79. The van der Waals surface area contributed by atoms with Gasteiger partial charge in [0.1, 0.15) is 12.4 Å². The molecule has 0 aliphatic heterocycles. The Morgan fingerprint density at radius 2 is 1.73 bits per heavy atom. The first-order valence-corrected chi connectivity index (χ1v) is 8.60. The monoisotopic (exact) mass is 314 g/mol. The molecule has 0 fully saturated rings. The van der Waals surface area contributed by atoms with Crippen LogP contribution in [-0.4, -0.2) is 5.75 Å². The Morgan fingerprint density at radius 1 is 1.00 bits per heavy atom. The van der Waals surface area contributed by atoms with Crippen molar-refractivity contribution in [2.45, 2.75) is 45.6 Å². The van der Waals surface area contributed by atoms with Gasteiger partial charge in [0, 0.05) is 0 Å². The van der Waals surface area contributed by atoms with Crippen LogP contribution < -0.4 is 4.74 Å². The van der Waals surface area contributed by atoms with Crippen molar-refractivity contribution < 1.29 is 4.74 Å². The standard InChI is InChI=1S/C20H26OS/c1-4-20(2,3)18-10-8-17(9-11-18)15-21-19-7-5-6-16(14-19)12-13-22/h5-11,14,22H,4,12-13,15H2,1-3H3. The molecule has 22 heavy (non-hydrogen) atoms. The molecule has 118 valence electrons. The van der Waals surface area contributed by atoms with E-state index in [0.717, 1.165) is 24.3 Å². The Morgan fingerprint density at radius 3 is 2.36 bits per heavy atom. The fourth-order valence-corrected chi connectivity index (χ4v) is 2.60. The SMILES string of the molecule is CCC(C)(C)c1ccc(COc2cccc(CCS)c2)cc1. The molecule has 0 spiro atoms. The van der Waals surface area contributed by atoms with Crippen molar-refractivity contribution in [3.8, 4) is 5.75 Å². The molecule has 2 rings (SSSR count). The number of benzene rings is 2. The van der Waals surface area contributed by atoms with Gasteiger partial charge in [-0.3, -0.25) is 0 Å². The molecule has 1 nitrogen and oxygen atoms in total. The van der Waals surface area contributed by atoms with E-state index in [1.807, 2.05) is 12.1 Å². The maximum absolute atomic E-state index is 5.91. The molecule has 0 heterocycles.